The van der Waals surface area contributed by atoms with Crippen molar-refractivity contribution in [2.75, 3.05) is 0 Å². The second-order valence-electron chi connectivity index (χ2n) is 7.50. The third-order valence-electron chi connectivity index (χ3n) is 6.24. The van der Waals surface area contributed by atoms with Crippen molar-refractivity contribution in [3.8, 4) is 5.75 Å². The summed E-state index contributed by atoms with van der Waals surface area (Å²) in [5.41, 5.74) is 7.61. The molecule has 1 unspecified atom stereocenters. The van der Waals surface area contributed by atoms with Crippen LogP contribution in [0.5, 0.6) is 5.75 Å². The van der Waals surface area contributed by atoms with Crippen LogP contribution in [-0.2, 0) is 6.42 Å². The minimum absolute atomic E-state index is 0.221. The molecule has 0 radical (unpaired) electrons. The standard InChI is InChI=1S/C18H25NO/c19-16(10-13-3-1-2-4-17(13)20)18-14-6-11-5-12(8-14)9-15(18)7-11/h1-4,11-12,14-16,18,20H,5-10,19H2. The number of phenolic OH excluding ortho intramolecular Hbond substituents is 1. The maximum absolute atomic E-state index is 9.95. The lowest BCUT2D eigenvalue weighted by atomic mass is 9.50. The first-order valence-electron chi connectivity index (χ1n) is 8.23. The summed E-state index contributed by atoms with van der Waals surface area (Å²) in [4.78, 5) is 0. The minimum Gasteiger partial charge on any atom is -0.508 e. The van der Waals surface area contributed by atoms with Gasteiger partial charge in [0, 0.05) is 6.04 Å². The number of rotatable bonds is 3. The van der Waals surface area contributed by atoms with Gasteiger partial charge in [0.1, 0.15) is 5.75 Å². The quantitative estimate of drug-likeness (QED) is 0.885. The second kappa shape index (κ2) is 4.77. The van der Waals surface area contributed by atoms with Gasteiger partial charge in [0.15, 0.2) is 0 Å². The number of hydrogen-bond acceptors (Lipinski definition) is 2. The molecule has 4 aliphatic rings. The summed E-state index contributed by atoms with van der Waals surface area (Å²) in [6.45, 7) is 0. The molecular formula is C18H25NO. The van der Waals surface area contributed by atoms with Crippen molar-refractivity contribution in [2.24, 2.45) is 35.3 Å². The fraction of sp³-hybridized carbons (Fsp3) is 0.667. The average Bonchev–Trinajstić information content (AvgIpc) is 2.40. The van der Waals surface area contributed by atoms with Crippen molar-refractivity contribution in [1.82, 2.24) is 0 Å². The molecule has 0 spiro atoms. The summed E-state index contributed by atoms with van der Waals surface area (Å²) in [6, 6.07) is 7.90. The van der Waals surface area contributed by atoms with Crippen LogP contribution in [0.3, 0.4) is 0 Å². The van der Waals surface area contributed by atoms with Gasteiger partial charge in [-0.1, -0.05) is 18.2 Å². The van der Waals surface area contributed by atoms with E-state index in [0.717, 1.165) is 35.7 Å². The Kier molecular flexibility index (Phi) is 3.03. The maximum Gasteiger partial charge on any atom is 0.118 e. The molecule has 3 N–H and O–H groups in total. The molecule has 4 saturated carbocycles. The molecule has 4 bridgehead atoms. The molecular weight excluding hydrogens is 246 g/mol. The largest absolute Gasteiger partial charge is 0.508 e. The van der Waals surface area contributed by atoms with E-state index in [-0.39, 0.29) is 6.04 Å². The topological polar surface area (TPSA) is 46.2 Å². The Morgan fingerprint density at radius 2 is 1.60 bits per heavy atom. The van der Waals surface area contributed by atoms with Crippen LogP contribution in [0, 0.1) is 29.6 Å². The van der Waals surface area contributed by atoms with E-state index >= 15 is 0 Å². The van der Waals surface area contributed by atoms with Gasteiger partial charge in [-0.2, -0.15) is 0 Å². The van der Waals surface area contributed by atoms with Crippen molar-refractivity contribution >= 4 is 0 Å². The Morgan fingerprint density at radius 3 is 2.20 bits per heavy atom. The molecule has 1 aromatic carbocycles. The third-order valence-corrected chi connectivity index (χ3v) is 6.24. The molecule has 0 heterocycles. The Morgan fingerprint density at radius 1 is 1.00 bits per heavy atom. The summed E-state index contributed by atoms with van der Waals surface area (Å²) < 4.78 is 0. The third kappa shape index (κ3) is 2.05. The smallest absolute Gasteiger partial charge is 0.118 e. The Balaban J connectivity index is 1.51. The van der Waals surface area contributed by atoms with Gasteiger partial charge in [-0.3, -0.25) is 0 Å². The SMILES string of the molecule is NC(Cc1ccccc1O)C1C2CC3CC(C2)CC1C3. The van der Waals surface area contributed by atoms with E-state index in [9.17, 15) is 5.11 Å². The predicted octanol–water partition coefficient (Wildman–Crippen LogP) is 3.33. The highest BCUT2D eigenvalue weighted by Crippen LogP contribution is 2.57. The monoisotopic (exact) mass is 271 g/mol. The molecule has 1 aromatic rings. The van der Waals surface area contributed by atoms with Gasteiger partial charge in [-0.05, 0) is 79.7 Å². The number of phenols is 1. The number of para-hydroxylation sites is 1. The second-order valence-corrected chi connectivity index (χ2v) is 7.50. The molecule has 1 atom stereocenters. The number of hydrogen-bond donors (Lipinski definition) is 2. The van der Waals surface area contributed by atoms with Crippen LogP contribution < -0.4 is 5.73 Å². The number of aromatic hydroxyl groups is 1. The highest BCUT2D eigenvalue weighted by atomic mass is 16.3. The Hall–Kier alpha value is -1.02. The van der Waals surface area contributed by atoms with E-state index in [2.05, 4.69) is 0 Å². The molecule has 2 nitrogen and oxygen atoms in total. The van der Waals surface area contributed by atoms with Gasteiger partial charge in [-0.15, -0.1) is 0 Å². The summed E-state index contributed by atoms with van der Waals surface area (Å²) >= 11 is 0. The lowest BCUT2D eigenvalue weighted by Gasteiger charge is -2.56. The lowest BCUT2D eigenvalue weighted by Crippen LogP contribution is -2.52. The maximum atomic E-state index is 9.95. The molecule has 20 heavy (non-hydrogen) atoms. The zero-order valence-corrected chi connectivity index (χ0v) is 12.0. The fourth-order valence-electron chi connectivity index (χ4n) is 5.74. The fourth-order valence-corrected chi connectivity index (χ4v) is 5.74. The first kappa shape index (κ1) is 12.7. The minimum atomic E-state index is 0.221. The first-order valence-corrected chi connectivity index (χ1v) is 8.23. The van der Waals surface area contributed by atoms with Crippen LogP contribution >= 0.6 is 0 Å². The van der Waals surface area contributed by atoms with Crippen molar-refractivity contribution in [3.05, 3.63) is 29.8 Å². The van der Waals surface area contributed by atoms with Gasteiger partial charge < -0.3 is 10.8 Å². The van der Waals surface area contributed by atoms with Crippen LogP contribution in [0.2, 0.25) is 0 Å². The molecule has 0 saturated heterocycles. The van der Waals surface area contributed by atoms with Gasteiger partial charge in [0.25, 0.3) is 0 Å². The van der Waals surface area contributed by atoms with Crippen molar-refractivity contribution in [3.63, 3.8) is 0 Å². The summed E-state index contributed by atoms with van der Waals surface area (Å²) in [5, 5.41) is 9.95. The zero-order valence-electron chi connectivity index (χ0n) is 12.0. The molecule has 0 aromatic heterocycles. The van der Waals surface area contributed by atoms with E-state index < -0.39 is 0 Å². The van der Waals surface area contributed by atoms with E-state index in [0.29, 0.717) is 11.7 Å². The van der Waals surface area contributed by atoms with Gasteiger partial charge in [0.05, 0.1) is 0 Å². The molecule has 108 valence electrons. The number of benzene rings is 1. The van der Waals surface area contributed by atoms with Gasteiger partial charge >= 0.3 is 0 Å². The van der Waals surface area contributed by atoms with Crippen molar-refractivity contribution < 1.29 is 5.11 Å². The van der Waals surface area contributed by atoms with E-state index in [1.165, 1.54) is 32.1 Å². The first-order chi connectivity index (χ1) is 9.70. The summed E-state index contributed by atoms with van der Waals surface area (Å²) in [6.07, 6.45) is 8.02. The van der Waals surface area contributed by atoms with Gasteiger partial charge in [-0.25, -0.2) is 0 Å². The van der Waals surface area contributed by atoms with Crippen molar-refractivity contribution in [2.45, 2.75) is 44.6 Å². The zero-order chi connectivity index (χ0) is 13.7. The highest BCUT2D eigenvalue weighted by molar-refractivity contribution is 5.32. The summed E-state index contributed by atoms with van der Waals surface area (Å²) in [5.74, 6) is 4.85. The Labute approximate surface area is 121 Å². The molecule has 4 fully saturated rings. The van der Waals surface area contributed by atoms with E-state index in [1.54, 1.807) is 6.07 Å². The molecule has 4 aliphatic carbocycles. The van der Waals surface area contributed by atoms with E-state index in [4.69, 9.17) is 5.73 Å². The van der Waals surface area contributed by atoms with Crippen LogP contribution in [0.4, 0.5) is 0 Å². The van der Waals surface area contributed by atoms with Crippen LogP contribution in [0.1, 0.15) is 37.7 Å². The number of nitrogens with two attached hydrogens (primary N) is 1. The van der Waals surface area contributed by atoms with Crippen LogP contribution in [0.15, 0.2) is 24.3 Å². The van der Waals surface area contributed by atoms with Crippen LogP contribution in [0.25, 0.3) is 0 Å². The summed E-state index contributed by atoms with van der Waals surface area (Å²) in [7, 11) is 0. The van der Waals surface area contributed by atoms with Crippen molar-refractivity contribution in [1.29, 1.82) is 0 Å². The highest BCUT2D eigenvalue weighted by Gasteiger charge is 2.49. The predicted molar refractivity (Wildman–Crippen MR) is 80.3 cm³/mol. The molecule has 0 aliphatic heterocycles. The molecule has 0 amide bonds. The lowest BCUT2D eigenvalue weighted by molar-refractivity contribution is -0.0465. The van der Waals surface area contributed by atoms with Gasteiger partial charge in [0.2, 0.25) is 0 Å². The van der Waals surface area contributed by atoms with E-state index in [1.807, 2.05) is 18.2 Å². The average molecular weight is 271 g/mol. The van der Waals surface area contributed by atoms with Crippen LogP contribution in [-0.4, -0.2) is 11.1 Å². The normalized spacial score (nSPS) is 40.0. The molecule has 2 heteroatoms. The molecule has 5 rings (SSSR count). The Bertz CT molecular complexity index is 470.